The van der Waals surface area contributed by atoms with Crippen LogP contribution in [0.15, 0.2) is 71.8 Å². The van der Waals surface area contributed by atoms with Crippen LogP contribution in [0.3, 0.4) is 0 Å². The molecule has 0 spiro atoms. The zero-order valence-corrected chi connectivity index (χ0v) is 34.7. The number of allylic oxidation sites excluding steroid dienone is 2. The summed E-state index contributed by atoms with van der Waals surface area (Å²) in [6.45, 7) is 24.0. The van der Waals surface area contributed by atoms with E-state index in [1.54, 1.807) is 33.4 Å². The van der Waals surface area contributed by atoms with E-state index in [-0.39, 0.29) is 0 Å². The van der Waals surface area contributed by atoms with Gasteiger partial charge in [0.15, 0.2) is 0 Å². The van der Waals surface area contributed by atoms with Crippen LogP contribution in [0.25, 0.3) is 34.4 Å². The van der Waals surface area contributed by atoms with Crippen molar-refractivity contribution in [3.05, 3.63) is 127 Å². The molecule has 0 bridgehead atoms. The second kappa shape index (κ2) is 13.5. The van der Waals surface area contributed by atoms with Gasteiger partial charge in [-0.05, 0) is 0 Å². The van der Waals surface area contributed by atoms with Gasteiger partial charge in [0.2, 0.25) is 0 Å². The molecule has 6 rings (SSSR count). The summed E-state index contributed by atoms with van der Waals surface area (Å²) in [5.74, 6) is -0.934. The van der Waals surface area contributed by atoms with E-state index >= 15 is 0 Å². The van der Waals surface area contributed by atoms with Crippen LogP contribution in [-0.4, -0.2) is 5.98 Å². The minimum absolute atomic E-state index is 0.696. The van der Waals surface area contributed by atoms with Crippen LogP contribution in [0.1, 0.15) is 103 Å². The van der Waals surface area contributed by atoms with Crippen molar-refractivity contribution < 1.29 is 20.6 Å². The minimum atomic E-state index is -2.41. The normalized spacial score (nSPS) is 16.8. The molecule has 2 atom stereocenters. The van der Waals surface area contributed by atoms with E-state index in [1.165, 1.54) is 81.3 Å². The molecular weight excluding hydrogens is 735 g/mol. The van der Waals surface area contributed by atoms with Crippen LogP contribution in [-0.2, 0) is 20.6 Å². The van der Waals surface area contributed by atoms with Gasteiger partial charge in [-0.25, -0.2) is 0 Å². The standard InChI is InChI=1S/2C21H23.C2H7Si.Hf/c2*1-5-7-17-12-18-8-6-9-20(21(18)13-17)19-11-10-14(2)15(3)16(19)4;1-3-2;/h2*6,8-13H,5,7H2,1-4H3;3H,1-2H3;. The van der Waals surface area contributed by atoms with Crippen molar-refractivity contribution in [2.24, 2.45) is 0 Å². The summed E-state index contributed by atoms with van der Waals surface area (Å²) >= 11 is -2.41. The zero-order valence-electron chi connectivity index (χ0n) is 30.0. The average Bonchev–Trinajstić information content (AvgIpc) is 3.58. The van der Waals surface area contributed by atoms with E-state index in [0.717, 1.165) is 0 Å². The Balaban J connectivity index is 1.53. The van der Waals surface area contributed by atoms with Crippen LogP contribution in [0.2, 0.25) is 13.1 Å². The molecular formula is C44H53HfSi. The van der Waals surface area contributed by atoms with Crippen molar-refractivity contribution in [2.75, 3.05) is 0 Å². The fourth-order valence-corrected chi connectivity index (χ4v) is 41.0. The van der Waals surface area contributed by atoms with Crippen LogP contribution in [0, 0.1) is 41.5 Å². The van der Waals surface area contributed by atoms with Gasteiger partial charge in [-0.15, -0.1) is 0 Å². The van der Waals surface area contributed by atoms with Gasteiger partial charge in [-0.2, -0.15) is 0 Å². The van der Waals surface area contributed by atoms with E-state index in [2.05, 4.69) is 141 Å². The van der Waals surface area contributed by atoms with Gasteiger partial charge in [0.1, 0.15) is 0 Å². The molecule has 0 fully saturated rings. The number of rotatable bonds is 9. The number of hydrogen-bond donors (Lipinski definition) is 0. The van der Waals surface area contributed by atoms with Crippen LogP contribution in [0.5, 0.6) is 0 Å². The third-order valence-electron chi connectivity index (χ3n) is 11.4. The van der Waals surface area contributed by atoms with Crippen molar-refractivity contribution in [3.8, 4) is 22.3 Å². The Morgan fingerprint density at radius 3 is 1.30 bits per heavy atom. The van der Waals surface area contributed by atoms with E-state index < -0.39 is 26.6 Å². The fourth-order valence-electron chi connectivity index (χ4n) is 8.53. The Hall–Kier alpha value is -2.55. The van der Waals surface area contributed by atoms with Crippen molar-refractivity contribution in [1.29, 1.82) is 0 Å². The molecule has 0 aliphatic heterocycles. The summed E-state index contributed by atoms with van der Waals surface area (Å²) in [6.07, 6.45) is 10.3. The predicted molar refractivity (Wildman–Crippen MR) is 202 cm³/mol. The van der Waals surface area contributed by atoms with Crippen molar-refractivity contribution in [1.82, 2.24) is 0 Å². The molecule has 4 aromatic carbocycles. The van der Waals surface area contributed by atoms with E-state index in [0.29, 0.717) is 7.35 Å². The summed E-state index contributed by atoms with van der Waals surface area (Å²) in [6, 6.07) is 24.1. The summed E-state index contributed by atoms with van der Waals surface area (Å²) in [5, 5.41) is 0. The molecule has 0 saturated carbocycles. The first-order valence-electron chi connectivity index (χ1n) is 17.8. The molecule has 0 N–H and O–H groups in total. The zero-order chi connectivity index (χ0) is 32.9. The monoisotopic (exact) mass is 789 g/mol. The molecule has 0 heterocycles. The molecule has 0 saturated heterocycles. The summed E-state index contributed by atoms with van der Waals surface area (Å²) in [7, 11) is 0. The molecule has 4 aromatic rings. The van der Waals surface area contributed by atoms with Gasteiger partial charge in [-0.1, -0.05) is 0 Å². The van der Waals surface area contributed by atoms with E-state index in [4.69, 9.17) is 0 Å². The Morgan fingerprint density at radius 2 is 0.935 bits per heavy atom. The first-order valence-corrected chi connectivity index (χ1v) is 31.0. The topological polar surface area (TPSA) is 0 Å². The van der Waals surface area contributed by atoms with Gasteiger partial charge >= 0.3 is 290 Å². The molecule has 46 heavy (non-hydrogen) atoms. The predicted octanol–water partition coefficient (Wildman–Crippen LogP) is 12.6. The second-order valence-corrected chi connectivity index (χ2v) is 42.4. The third-order valence-corrected chi connectivity index (χ3v) is 42.3. The van der Waals surface area contributed by atoms with Gasteiger partial charge in [-0.3, -0.25) is 0 Å². The van der Waals surface area contributed by atoms with Crippen LogP contribution in [0.4, 0.5) is 0 Å². The molecule has 2 unspecified atom stereocenters. The Bertz CT molecular complexity index is 1740. The van der Waals surface area contributed by atoms with Crippen molar-refractivity contribution >= 4 is 18.1 Å². The number of aryl methyl sites for hydroxylation is 2. The quantitative estimate of drug-likeness (QED) is 0.148. The van der Waals surface area contributed by atoms with Crippen LogP contribution < -0.4 is 0 Å². The molecule has 0 radical (unpaired) electrons. The summed E-state index contributed by atoms with van der Waals surface area (Å²) in [5.41, 5.74) is 24.2. The van der Waals surface area contributed by atoms with E-state index in [9.17, 15) is 0 Å². The van der Waals surface area contributed by atoms with Gasteiger partial charge in [0.05, 0.1) is 0 Å². The van der Waals surface area contributed by atoms with Gasteiger partial charge in [0.25, 0.3) is 0 Å². The fraction of sp³-hybridized carbons (Fsp3) is 0.364. The average molecular weight is 788 g/mol. The SMILES string of the molecule is CCCC1=Cc2c(-c3ccc(C)c(C)c3C)cccc2[CH]1[Hf]([CH]1C(CCC)=Cc2c(-c3ccc(C)c(C)c3C)cccc21)[SiH](C)C. The molecule has 237 valence electrons. The van der Waals surface area contributed by atoms with Gasteiger partial charge in [0, 0.05) is 0 Å². The maximum absolute atomic E-state index is 2.72. The molecule has 0 amide bonds. The van der Waals surface area contributed by atoms with E-state index in [1.807, 2.05) is 0 Å². The third kappa shape index (κ3) is 5.66. The number of fused-ring (bicyclic) bond motifs is 2. The number of benzene rings is 4. The second-order valence-electron chi connectivity index (χ2n) is 14.4. The van der Waals surface area contributed by atoms with Crippen LogP contribution >= 0.6 is 0 Å². The Morgan fingerprint density at radius 1 is 0.522 bits per heavy atom. The molecule has 2 aliphatic carbocycles. The summed E-state index contributed by atoms with van der Waals surface area (Å²) < 4.78 is 1.39. The first-order chi connectivity index (χ1) is 22.1. The maximum atomic E-state index is 2.72. The Kier molecular flexibility index (Phi) is 9.80. The Labute approximate surface area is 288 Å². The number of hydrogen-bond acceptors (Lipinski definition) is 0. The summed E-state index contributed by atoms with van der Waals surface area (Å²) in [4.78, 5) is 0. The molecule has 0 nitrogen and oxygen atoms in total. The molecule has 0 aromatic heterocycles. The van der Waals surface area contributed by atoms with Gasteiger partial charge < -0.3 is 0 Å². The van der Waals surface area contributed by atoms with Crippen molar-refractivity contribution in [3.63, 3.8) is 0 Å². The first kappa shape index (κ1) is 33.4. The molecule has 2 heteroatoms. The van der Waals surface area contributed by atoms with Crippen molar-refractivity contribution in [2.45, 2.75) is 102 Å². The molecule has 2 aliphatic rings.